The predicted molar refractivity (Wildman–Crippen MR) is 140 cm³/mol. The monoisotopic (exact) mass is 598 g/mol. The molecule has 0 aliphatic carbocycles. The number of carbonyl (C=O) groups is 2. The largest absolute Gasteiger partial charge is 0.462 e. The molecule has 0 unspecified atom stereocenters. The van der Waals surface area contributed by atoms with Crippen LogP contribution in [0, 0.1) is 0 Å². The fourth-order valence-corrected chi connectivity index (χ4v) is 6.50. The maximum Gasteiger partial charge on any atom is 0.330 e. The first-order valence-electron chi connectivity index (χ1n) is 12.1. The average Bonchev–Trinajstić information content (AvgIpc) is 2.97. The number of halogens is 1. The van der Waals surface area contributed by atoms with Gasteiger partial charge >= 0.3 is 17.6 Å². The number of aliphatic hydroxyl groups is 2. The maximum absolute atomic E-state index is 16.0. The maximum atomic E-state index is 16.0. The summed E-state index contributed by atoms with van der Waals surface area (Å²) in [5, 5.41) is 26.9. The molecule has 0 spiro atoms. The van der Waals surface area contributed by atoms with Gasteiger partial charge in [0, 0.05) is 12.3 Å². The standard InChI is InChI=1S/C22H36FN4O10PS/c1-11(2)35-16(29)13(5)25-38(39,26-14(6)17(30)36-12(3)4)34-10-22(23)18(31)21(7,33)19(37-22)27-9-8-15(28)24-20(27)32/h8-9,11-14,18-19,31,33H,10H2,1-7H3,(H,24,28,32)(H2,25,26,39)/t13-,14-,18-,19+,21+,22+/m0/s1. The molecule has 0 aromatic carbocycles. The topological polar surface area (TPSA) is 190 Å². The fraction of sp³-hybridized carbons (Fsp3) is 0.727. The van der Waals surface area contributed by atoms with Crippen molar-refractivity contribution in [2.75, 3.05) is 6.61 Å². The highest BCUT2D eigenvalue weighted by Gasteiger charge is 2.63. The van der Waals surface area contributed by atoms with Gasteiger partial charge in [0.25, 0.3) is 11.4 Å². The Labute approximate surface area is 229 Å². The summed E-state index contributed by atoms with van der Waals surface area (Å²) >= 11 is 5.55. The van der Waals surface area contributed by atoms with Crippen LogP contribution in [0.5, 0.6) is 0 Å². The van der Waals surface area contributed by atoms with Crippen molar-refractivity contribution >= 4 is 30.3 Å². The van der Waals surface area contributed by atoms with Gasteiger partial charge < -0.3 is 28.9 Å². The van der Waals surface area contributed by atoms with E-state index in [0.717, 1.165) is 19.2 Å². The normalized spacial score (nSPS) is 27.0. The van der Waals surface area contributed by atoms with Gasteiger partial charge in [-0.3, -0.25) is 23.9 Å². The van der Waals surface area contributed by atoms with Crippen LogP contribution in [0.25, 0.3) is 0 Å². The molecule has 1 aromatic rings. The van der Waals surface area contributed by atoms with Crippen molar-refractivity contribution < 1.29 is 42.9 Å². The molecular weight excluding hydrogens is 562 g/mol. The van der Waals surface area contributed by atoms with Crippen molar-refractivity contribution in [1.82, 2.24) is 19.7 Å². The minimum Gasteiger partial charge on any atom is -0.462 e. The lowest BCUT2D eigenvalue weighted by molar-refractivity contribution is -0.202. The number of rotatable bonds is 12. The molecule has 17 heteroatoms. The second-order valence-electron chi connectivity index (χ2n) is 9.90. The van der Waals surface area contributed by atoms with Crippen molar-refractivity contribution in [2.24, 2.45) is 0 Å². The SMILES string of the molecule is CC(C)OC(=O)[C@H](C)NP(=S)(N[C@@H](C)C(=O)OC(C)C)OC[C@@]1(F)O[C@@H](n2ccc(=O)[nH]c2=O)[C@](C)(O)[C@@H]1O. The smallest absolute Gasteiger partial charge is 0.330 e. The molecule has 1 aromatic heterocycles. The molecule has 0 radical (unpaired) electrons. The molecule has 6 atom stereocenters. The van der Waals surface area contributed by atoms with Crippen LogP contribution in [0.4, 0.5) is 4.39 Å². The Balaban J connectivity index is 2.33. The summed E-state index contributed by atoms with van der Waals surface area (Å²) in [6.45, 7) is 5.63. The van der Waals surface area contributed by atoms with Crippen LogP contribution in [-0.2, 0) is 40.1 Å². The molecular formula is C22H36FN4O10PS. The molecule has 39 heavy (non-hydrogen) atoms. The lowest BCUT2D eigenvalue weighted by atomic mass is 9.95. The van der Waals surface area contributed by atoms with E-state index in [1.54, 1.807) is 27.7 Å². The van der Waals surface area contributed by atoms with Crippen LogP contribution < -0.4 is 21.4 Å². The van der Waals surface area contributed by atoms with E-state index in [4.69, 9.17) is 30.5 Å². The molecule has 0 saturated carbocycles. The third kappa shape index (κ3) is 8.24. The van der Waals surface area contributed by atoms with Gasteiger partial charge in [-0.1, -0.05) is 0 Å². The number of H-pyrrole nitrogens is 1. The van der Waals surface area contributed by atoms with Gasteiger partial charge in [-0.05, 0) is 60.3 Å². The summed E-state index contributed by atoms with van der Waals surface area (Å²) in [6, 6.07) is -1.19. The Morgan fingerprint density at radius 3 is 2.08 bits per heavy atom. The van der Waals surface area contributed by atoms with E-state index in [0.29, 0.717) is 4.57 Å². The summed E-state index contributed by atoms with van der Waals surface area (Å²) in [5.74, 6) is -4.52. The van der Waals surface area contributed by atoms with E-state index in [9.17, 15) is 29.4 Å². The number of alkyl halides is 1. The number of ether oxygens (including phenoxy) is 3. The van der Waals surface area contributed by atoms with Gasteiger partial charge in [0.2, 0.25) is 0 Å². The van der Waals surface area contributed by atoms with Crippen LogP contribution in [0.1, 0.15) is 54.7 Å². The van der Waals surface area contributed by atoms with Gasteiger partial charge in [-0.25, -0.2) is 19.4 Å². The van der Waals surface area contributed by atoms with Crippen molar-refractivity contribution in [3.63, 3.8) is 0 Å². The minimum atomic E-state index is -3.69. The lowest BCUT2D eigenvalue weighted by Gasteiger charge is -2.32. The molecule has 1 fully saturated rings. The number of aromatic nitrogens is 2. The number of carbonyl (C=O) groups excluding carboxylic acids is 2. The number of hydrogen-bond acceptors (Lipinski definition) is 11. The summed E-state index contributed by atoms with van der Waals surface area (Å²) in [5.41, 5.74) is -4.13. The lowest BCUT2D eigenvalue weighted by Crippen LogP contribution is -2.50. The van der Waals surface area contributed by atoms with Crippen LogP contribution >= 0.6 is 6.57 Å². The summed E-state index contributed by atoms with van der Waals surface area (Å²) in [6.07, 6.45) is -3.95. The van der Waals surface area contributed by atoms with Crippen LogP contribution in [0.3, 0.4) is 0 Å². The zero-order valence-electron chi connectivity index (χ0n) is 22.7. The Morgan fingerprint density at radius 1 is 1.15 bits per heavy atom. The number of nitrogens with zero attached hydrogens (tertiary/aromatic N) is 1. The third-order valence-corrected chi connectivity index (χ3v) is 8.35. The van der Waals surface area contributed by atoms with Crippen molar-refractivity contribution in [2.45, 2.75) is 96.5 Å². The molecule has 222 valence electrons. The first kappa shape index (κ1) is 33.2. The molecule has 14 nitrogen and oxygen atoms in total. The molecule has 0 bridgehead atoms. The van der Waals surface area contributed by atoms with Crippen molar-refractivity contribution in [3.8, 4) is 0 Å². The highest BCUT2D eigenvalue weighted by atomic mass is 32.4. The summed E-state index contributed by atoms with van der Waals surface area (Å²) in [4.78, 5) is 50.4. The van der Waals surface area contributed by atoms with Crippen LogP contribution in [0.2, 0.25) is 0 Å². The second kappa shape index (κ2) is 12.6. The Bertz CT molecular complexity index is 1170. The minimum absolute atomic E-state index is 0.444. The Morgan fingerprint density at radius 2 is 1.64 bits per heavy atom. The Kier molecular flexibility index (Phi) is 10.8. The highest BCUT2D eigenvalue weighted by molar-refractivity contribution is 8.10. The fourth-order valence-electron chi connectivity index (χ4n) is 3.58. The molecule has 1 aliphatic rings. The predicted octanol–water partition coefficient (Wildman–Crippen LogP) is -0.0564. The second-order valence-corrected chi connectivity index (χ2v) is 13.3. The van der Waals surface area contributed by atoms with Crippen LogP contribution in [0.15, 0.2) is 21.9 Å². The number of nitrogens with one attached hydrogen (secondary N) is 3. The van der Waals surface area contributed by atoms with Gasteiger partial charge in [0.15, 0.2) is 12.8 Å². The van der Waals surface area contributed by atoms with E-state index in [-0.39, 0.29) is 0 Å². The first-order valence-corrected chi connectivity index (χ1v) is 14.8. The number of aliphatic hydroxyl groups excluding tert-OH is 1. The van der Waals surface area contributed by atoms with Gasteiger partial charge in [0.1, 0.15) is 30.4 Å². The van der Waals surface area contributed by atoms with Crippen LogP contribution in [-0.4, -0.2) is 80.2 Å². The number of esters is 2. The van der Waals surface area contributed by atoms with E-state index < -0.39 is 84.4 Å². The zero-order valence-corrected chi connectivity index (χ0v) is 24.4. The van der Waals surface area contributed by atoms with Crippen molar-refractivity contribution in [1.29, 1.82) is 0 Å². The van der Waals surface area contributed by atoms with Gasteiger partial charge in [-0.15, -0.1) is 0 Å². The van der Waals surface area contributed by atoms with E-state index >= 15 is 4.39 Å². The van der Waals surface area contributed by atoms with Gasteiger partial charge in [-0.2, -0.15) is 0 Å². The average molecular weight is 599 g/mol. The summed E-state index contributed by atoms with van der Waals surface area (Å²) < 4.78 is 37.9. The molecule has 2 heterocycles. The summed E-state index contributed by atoms with van der Waals surface area (Å²) in [7, 11) is 0. The third-order valence-electron chi connectivity index (χ3n) is 5.45. The van der Waals surface area contributed by atoms with E-state index in [2.05, 4.69) is 10.2 Å². The van der Waals surface area contributed by atoms with E-state index in [1.807, 2.05) is 4.98 Å². The number of aromatic amines is 1. The molecule has 1 aliphatic heterocycles. The van der Waals surface area contributed by atoms with Crippen molar-refractivity contribution in [3.05, 3.63) is 33.1 Å². The highest BCUT2D eigenvalue weighted by Crippen LogP contribution is 2.48. The quantitative estimate of drug-likeness (QED) is 0.159. The Hall–Kier alpha value is -2.04. The molecule has 2 rings (SSSR count). The zero-order chi connectivity index (χ0) is 29.9. The molecule has 1 saturated heterocycles. The first-order chi connectivity index (χ1) is 17.8. The molecule has 5 N–H and O–H groups in total. The van der Waals surface area contributed by atoms with Gasteiger partial charge in [0.05, 0.1) is 12.2 Å². The number of hydrogen-bond donors (Lipinski definition) is 5. The molecule has 0 amide bonds. The van der Waals surface area contributed by atoms with E-state index in [1.165, 1.54) is 13.8 Å².